The van der Waals surface area contributed by atoms with E-state index in [4.69, 9.17) is 4.74 Å². The normalized spacial score (nSPS) is 11.4. The monoisotopic (exact) mass is 421 g/mol. The van der Waals surface area contributed by atoms with E-state index in [0.29, 0.717) is 0 Å². The Labute approximate surface area is 168 Å². The summed E-state index contributed by atoms with van der Waals surface area (Å²) in [6.45, 7) is 7.18. The van der Waals surface area contributed by atoms with Crippen molar-refractivity contribution in [2.45, 2.75) is 33.6 Å². The molecule has 3 aromatic carbocycles. The van der Waals surface area contributed by atoms with Crippen LogP contribution in [0.2, 0.25) is 0 Å². The second kappa shape index (κ2) is 7.40. The molecule has 0 aliphatic carbocycles. The fourth-order valence-electron chi connectivity index (χ4n) is 3.68. The lowest BCUT2D eigenvalue weighted by molar-refractivity contribution is 0.307. The molecule has 1 heterocycles. The maximum Gasteiger partial charge on any atom is 0.157 e. The zero-order valence-corrected chi connectivity index (χ0v) is 17.6. The Kier molecular flexibility index (Phi) is 4.96. The zero-order chi connectivity index (χ0) is 19.0. The number of aryl methyl sites for hydroxylation is 2. The van der Waals surface area contributed by atoms with Crippen LogP contribution in [0.15, 0.2) is 59.1 Å². The quantitative estimate of drug-likeness (QED) is 0.307. The van der Waals surface area contributed by atoms with Gasteiger partial charge in [0.2, 0.25) is 0 Å². The van der Waals surface area contributed by atoms with Crippen molar-refractivity contribution < 1.29 is 4.74 Å². The number of ether oxygens (including phenoxy) is 1. The molecule has 4 rings (SSSR count). The third kappa shape index (κ3) is 3.25. The summed E-state index contributed by atoms with van der Waals surface area (Å²) < 4.78 is 9.60. The van der Waals surface area contributed by atoms with Crippen LogP contribution in [0.4, 0.5) is 0 Å². The van der Waals surface area contributed by atoms with Gasteiger partial charge in [0.25, 0.3) is 0 Å². The average Bonchev–Trinajstić information content (AvgIpc) is 2.96. The van der Waals surface area contributed by atoms with Crippen LogP contribution in [-0.2, 0) is 0 Å². The number of unbranched alkanes of at least 4 members (excludes halogenated alkanes) is 1. The van der Waals surface area contributed by atoms with Crippen LogP contribution in [0.25, 0.3) is 27.5 Å². The highest BCUT2D eigenvalue weighted by molar-refractivity contribution is 9.10. The minimum Gasteiger partial charge on any atom is -0.490 e. The zero-order valence-electron chi connectivity index (χ0n) is 16.1. The van der Waals surface area contributed by atoms with Crippen molar-refractivity contribution in [1.82, 2.24) is 4.57 Å². The third-order valence-corrected chi connectivity index (χ3v) is 5.57. The number of aromatic nitrogens is 1. The van der Waals surface area contributed by atoms with E-state index < -0.39 is 0 Å². The van der Waals surface area contributed by atoms with Crippen molar-refractivity contribution in [1.29, 1.82) is 0 Å². The van der Waals surface area contributed by atoms with Crippen LogP contribution in [0.1, 0.15) is 30.9 Å². The largest absolute Gasteiger partial charge is 0.490 e. The fourth-order valence-corrected chi connectivity index (χ4v) is 4.36. The maximum absolute atomic E-state index is 6.25. The molecule has 2 nitrogen and oxygen atoms in total. The van der Waals surface area contributed by atoms with Crippen molar-refractivity contribution >= 4 is 37.7 Å². The standard InChI is InChI=1S/C24H24BrNO/c1-4-5-12-27-24-20(25)13-17(3)15-23(24)26-21-9-7-6-8-18(21)19-11-10-16(2)14-22(19)26/h6-11,13-15H,4-5,12H2,1-3H3. The molecule has 0 aliphatic rings. The summed E-state index contributed by atoms with van der Waals surface area (Å²) in [4.78, 5) is 0. The molecule has 0 unspecified atom stereocenters. The van der Waals surface area contributed by atoms with Crippen molar-refractivity contribution in [3.8, 4) is 11.4 Å². The van der Waals surface area contributed by atoms with Crippen LogP contribution in [0.3, 0.4) is 0 Å². The fraction of sp³-hybridized carbons (Fsp3) is 0.250. The Morgan fingerprint density at radius 1 is 0.889 bits per heavy atom. The third-order valence-electron chi connectivity index (χ3n) is 4.98. The first-order chi connectivity index (χ1) is 13.1. The maximum atomic E-state index is 6.25. The van der Waals surface area contributed by atoms with Gasteiger partial charge in [-0.25, -0.2) is 0 Å². The molecule has 0 spiro atoms. The smallest absolute Gasteiger partial charge is 0.157 e. The predicted octanol–water partition coefficient (Wildman–Crippen LogP) is 7.34. The second-order valence-electron chi connectivity index (χ2n) is 7.17. The lowest BCUT2D eigenvalue weighted by Gasteiger charge is -2.17. The molecule has 3 heteroatoms. The van der Waals surface area contributed by atoms with Crippen LogP contribution in [0.5, 0.6) is 5.75 Å². The Morgan fingerprint density at radius 3 is 2.48 bits per heavy atom. The summed E-state index contributed by atoms with van der Waals surface area (Å²) in [6, 6.07) is 19.6. The van der Waals surface area contributed by atoms with Gasteiger partial charge in [-0.15, -0.1) is 0 Å². The summed E-state index contributed by atoms with van der Waals surface area (Å²) in [5.41, 5.74) is 5.98. The summed E-state index contributed by atoms with van der Waals surface area (Å²) in [5.74, 6) is 0.915. The molecule has 1 aromatic heterocycles. The lowest BCUT2D eigenvalue weighted by Crippen LogP contribution is -2.04. The Bertz CT molecular complexity index is 1130. The summed E-state index contributed by atoms with van der Waals surface area (Å²) in [7, 11) is 0. The van der Waals surface area contributed by atoms with Gasteiger partial charge in [0.1, 0.15) is 0 Å². The minimum atomic E-state index is 0.724. The van der Waals surface area contributed by atoms with E-state index in [0.717, 1.165) is 35.4 Å². The van der Waals surface area contributed by atoms with Gasteiger partial charge in [0, 0.05) is 10.8 Å². The predicted molar refractivity (Wildman–Crippen MR) is 118 cm³/mol. The van der Waals surface area contributed by atoms with Gasteiger partial charge >= 0.3 is 0 Å². The number of benzene rings is 3. The molecule has 0 bridgehead atoms. The molecule has 4 aromatic rings. The molecule has 0 radical (unpaired) electrons. The molecular formula is C24H24BrNO. The van der Waals surface area contributed by atoms with Gasteiger partial charge in [-0.1, -0.05) is 43.7 Å². The molecule has 0 atom stereocenters. The van der Waals surface area contributed by atoms with Crippen LogP contribution in [-0.4, -0.2) is 11.2 Å². The average molecular weight is 422 g/mol. The summed E-state index contributed by atoms with van der Waals surface area (Å²) in [6.07, 6.45) is 2.17. The van der Waals surface area contributed by atoms with E-state index in [-0.39, 0.29) is 0 Å². The number of fused-ring (bicyclic) bond motifs is 3. The molecule has 0 saturated carbocycles. The first kappa shape index (κ1) is 18.1. The molecule has 0 fully saturated rings. The summed E-state index contributed by atoms with van der Waals surface area (Å²) >= 11 is 3.74. The minimum absolute atomic E-state index is 0.724. The number of para-hydroxylation sites is 1. The van der Waals surface area contributed by atoms with E-state index in [1.165, 1.54) is 32.9 Å². The summed E-state index contributed by atoms with van der Waals surface area (Å²) in [5, 5.41) is 2.54. The van der Waals surface area contributed by atoms with E-state index >= 15 is 0 Å². The van der Waals surface area contributed by atoms with Gasteiger partial charge in [-0.05, 0) is 71.6 Å². The van der Waals surface area contributed by atoms with Crippen LogP contribution < -0.4 is 4.74 Å². The lowest BCUT2D eigenvalue weighted by atomic mass is 10.1. The van der Waals surface area contributed by atoms with E-state index in [9.17, 15) is 0 Å². The highest BCUT2D eigenvalue weighted by atomic mass is 79.9. The Hall–Kier alpha value is -2.26. The molecule has 0 saturated heterocycles. The highest BCUT2D eigenvalue weighted by Crippen LogP contribution is 2.39. The van der Waals surface area contributed by atoms with Crippen LogP contribution >= 0.6 is 15.9 Å². The van der Waals surface area contributed by atoms with Crippen molar-refractivity contribution in [2.75, 3.05) is 6.61 Å². The van der Waals surface area contributed by atoms with Crippen molar-refractivity contribution in [2.24, 2.45) is 0 Å². The van der Waals surface area contributed by atoms with Gasteiger partial charge in [0.15, 0.2) is 5.75 Å². The second-order valence-corrected chi connectivity index (χ2v) is 8.02. The number of nitrogens with zero attached hydrogens (tertiary/aromatic N) is 1. The van der Waals surface area contributed by atoms with Gasteiger partial charge in [-0.3, -0.25) is 0 Å². The van der Waals surface area contributed by atoms with Crippen molar-refractivity contribution in [3.63, 3.8) is 0 Å². The van der Waals surface area contributed by atoms with Crippen molar-refractivity contribution in [3.05, 3.63) is 70.2 Å². The highest BCUT2D eigenvalue weighted by Gasteiger charge is 2.18. The van der Waals surface area contributed by atoms with Gasteiger partial charge < -0.3 is 9.30 Å². The van der Waals surface area contributed by atoms with Gasteiger partial charge in [-0.2, -0.15) is 0 Å². The topological polar surface area (TPSA) is 14.2 Å². The molecular weight excluding hydrogens is 398 g/mol. The van der Waals surface area contributed by atoms with E-state index in [1.807, 2.05) is 0 Å². The van der Waals surface area contributed by atoms with Gasteiger partial charge in [0.05, 0.1) is 27.8 Å². The number of hydrogen-bond acceptors (Lipinski definition) is 1. The molecule has 0 aliphatic heterocycles. The Balaban J connectivity index is 2.05. The number of hydrogen-bond donors (Lipinski definition) is 0. The van der Waals surface area contributed by atoms with Crippen LogP contribution in [0, 0.1) is 13.8 Å². The first-order valence-electron chi connectivity index (χ1n) is 9.53. The molecule has 0 amide bonds. The molecule has 27 heavy (non-hydrogen) atoms. The first-order valence-corrected chi connectivity index (χ1v) is 10.3. The van der Waals surface area contributed by atoms with E-state index in [2.05, 4.69) is 95.9 Å². The number of rotatable bonds is 5. The molecule has 138 valence electrons. The SMILES string of the molecule is CCCCOc1c(Br)cc(C)cc1-n1c2ccccc2c2ccc(C)cc21. The molecule has 0 N–H and O–H groups in total. The number of halogens is 1. The Morgan fingerprint density at radius 2 is 1.67 bits per heavy atom. The van der Waals surface area contributed by atoms with E-state index in [1.54, 1.807) is 0 Å².